The van der Waals surface area contributed by atoms with Crippen LogP contribution in [0.5, 0.6) is 0 Å². The maximum absolute atomic E-state index is 5.73. The smallest absolute Gasteiger partial charge is 0.174 e. The molecule has 0 aromatic rings. The molecule has 0 saturated carbocycles. The van der Waals surface area contributed by atoms with E-state index < -0.39 is 5.79 Å². The highest BCUT2D eigenvalue weighted by Gasteiger charge is 2.31. The van der Waals surface area contributed by atoms with Crippen molar-refractivity contribution in [2.24, 2.45) is 5.73 Å². The molecular weight excluding hydrogens is 297 g/mol. The molecule has 2 N–H and O–H groups in total. The fourth-order valence-electron chi connectivity index (χ4n) is 1.56. The Kier molecular flexibility index (Phi) is 5.05. The number of hydrogen-bond acceptors (Lipinski definition) is 4. The second kappa shape index (κ2) is 5.60. The number of nitrogens with two attached hydrogens (primary N) is 1. The minimum absolute atomic E-state index is 0.135. The third-order valence-corrected chi connectivity index (χ3v) is 3.23. The van der Waals surface area contributed by atoms with Crippen LogP contribution in [0.1, 0.15) is 26.7 Å². The van der Waals surface area contributed by atoms with Gasteiger partial charge in [0.15, 0.2) is 5.79 Å². The number of rotatable bonds is 5. The molecular formula is C9H18INO3. The van der Waals surface area contributed by atoms with E-state index in [0.29, 0.717) is 13.2 Å². The summed E-state index contributed by atoms with van der Waals surface area (Å²) in [6, 6.07) is 0. The maximum atomic E-state index is 5.73. The van der Waals surface area contributed by atoms with E-state index in [9.17, 15) is 0 Å². The zero-order valence-electron chi connectivity index (χ0n) is 8.66. The minimum Gasteiger partial charge on any atom is -0.375 e. The van der Waals surface area contributed by atoms with Crippen molar-refractivity contribution in [3.8, 4) is 0 Å². The summed E-state index contributed by atoms with van der Waals surface area (Å²) >= 11 is 1.85. The Labute approximate surface area is 99.1 Å². The highest BCUT2D eigenvalue weighted by Crippen LogP contribution is 2.25. The maximum Gasteiger partial charge on any atom is 0.174 e. The second-order valence-corrected chi connectivity index (χ2v) is 4.43. The van der Waals surface area contributed by atoms with Gasteiger partial charge in [0.05, 0.1) is 18.8 Å². The normalized spacial score (nSPS) is 28.3. The third-order valence-electron chi connectivity index (χ3n) is 2.17. The van der Waals surface area contributed by atoms with Gasteiger partial charge in [-0.3, -0.25) is 3.07 Å². The Hall–Kier alpha value is 0.570. The van der Waals surface area contributed by atoms with E-state index in [2.05, 4.69) is 0 Å². The lowest BCUT2D eigenvalue weighted by atomic mass is 10.1. The van der Waals surface area contributed by atoms with Gasteiger partial charge in [0.25, 0.3) is 0 Å². The first-order valence-corrected chi connectivity index (χ1v) is 5.74. The molecule has 1 rings (SSSR count). The van der Waals surface area contributed by atoms with Crippen LogP contribution in [0.15, 0.2) is 0 Å². The highest BCUT2D eigenvalue weighted by atomic mass is 127. The van der Waals surface area contributed by atoms with Gasteiger partial charge in [-0.25, -0.2) is 0 Å². The van der Waals surface area contributed by atoms with Gasteiger partial charge in [0, 0.05) is 6.42 Å². The van der Waals surface area contributed by atoms with Crippen molar-refractivity contribution in [1.29, 1.82) is 0 Å². The SMILES string of the molecule is CC(C)(OI)O[C@H]1CO[C@H](CCN)C1. The number of ether oxygens (including phenoxy) is 2. The van der Waals surface area contributed by atoms with Gasteiger partial charge in [-0.15, -0.1) is 0 Å². The van der Waals surface area contributed by atoms with E-state index in [1.807, 2.05) is 36.9 Å². The lowest BCUT2D eigenvalue weighted by Crippen LogP contribution is -2.31. The molecule has 1 heterocycles. The molecule has 0 aromatic carbocycles. The molecule has 0 aliphatic carbocycles. The van der Waals surface area contributed by atoms with Crippen LogP contribution in [0, 0.1) is 0 Å². The first-order chi connectivity index (χ1) is 6.57. The van der Waals surface area contributed by atoms with Crippen LogP contribution in [0.25, 0.3) is 0 Å². The molecule has 0 bridgehead atoms. The monoisotopic (exact) mass is 315 g/mol. The molecule has 1 aliphatic heterocycles. The van der Waals surface area contributed by atoms with Crippen LogP contribution in [0.2, 0.25) is 0 Å². The van der Waals surface area contributed by atoms with E-state index in [4.69, 9.17) is 18.3 Å². The third kappa shape index (κ3) is 3.98. The fourth-order valence-corrected chi connectivity index (χ4v) is 1.67. The quantitative estimate of drug-likeness (QED) is 0.619. The van der Waals surface area contributed by atoms with Crippen LogP contribution in [0.4, 0.5) is 0 Å². The van der Waals surface area contributed by atoms with Crippen molar-refractivity contribution >= 4 is 23.0 Å². The molecule has 84 valence electrons. The van der Waals surface area contributed by atoms with E-state index in [0.717, 1.165) is 12.8 Å². The molecule has 1 aliphatic rings. The van der Waals surface area contributed by atoms with Crippen molar-refractivity contribution in [2.75, 3.05) is 13.2 Å². The number of halogens is 1. The molecule has 0 spiro atoms. The van der Waals surface area contributed by atoms with Crippen molar-refractivity contribution in [2.45, 2.75) is 44.7 Å². The first-order valence-electron chi connectivity index (χ1n) is 4.86. The van der Waals surface area contributed by atoms with Crippen LogP contribution in [0.3, 0.4) is 0 Å². The molecule has 0 aromatic heterocycles. The van der Waals surface area contributed by atoms with Crippen molar-refractivity contribution in [3.05, 3.63) is 0 Å². The van der Waals surface area contributed by atoms with Gasteiger partial charge in [-0.2, -0.15) is 0 Å². The summed E-state index contributed by atoms with van der Waals surface area (Å²) in [6.45, 7) is 5.11. The molecule has 4 nitrogen and oxygen atoms in total. The summed E-state index contributed by atoms with van der Waals surface area (Å²) in [4.78, 5) is 0. The zero-order valence-corrected chi connectivity index (χ0v) is 10.8. The van der Waals surface area contributed by atoms with Gasteiger partial charge in [-0.05, 0) is 26.8 Å². The lowest BCUT2D eigenvalue weighted by Gasteiger charge is -2.25. The van der Waals surface area contributed by atoms with Gasteiger partial charge < -0.3 is 15.2 Å². The van der Waals surface area contributed by atoms with Crippen LogP contribution >= 0.6 is 23.0 Å². The van der Waals surface area contributed by atoms with Crippen LogP contribution < -0.4 is 5.73 Å². The van der Waals surface area contributed by atoms with E-state index in [1.54, 1.807) is 0 Å². The Morgan fingerprint density at radius 3 is 2.86 bits per heavy atom. The first kappa shape index (κ1) is 12.6. The standard InChI is InChI=1S/C9H18INO3/c1-9(2,14-10)13-8-5-7(3-4-11)12-6-8/h7-8H,3-6,11H2,1-2H3/t7-,8-/m1/s1. The van der Waals surface area contributed by atoms with Crippen LogP contribution in [-0.4, -0.2) is 31.1 Å². The molecule has 0 unspecified atom stereocenters. The summed E-state index contributed by atoms with van der Waals surface area (Å²) < 4.78 is 16.4. The van der Waals surface area contributed by atoms with Crippen molar-refractivity contribution < 1.29 is 12.5 Å². The molecule has 1 saturated heterocycles. The predicted molar refractivity (Wildman–Crippen MR) is 62.1 cm³/mol. The van der Waals surface area contributed by atoms with Crippen molar-refractivity contribution in [1.82, 2.24) is 0 Å². The molecule has 2 atom stereocenters. The van der Waals surface area contributed by atoms with E-state index in [1.165, 1.54) is 0 Å². The Balaban J connectivity index is 2.28. The molecule has 5 heteroatoms. The summed E-state index contributed by atoms with van der Waals surface area (Å²) in [5.74, 6) is -0.536. The topological polar surface area (TPSA) is 53.7 Å². The predicted octanol–water partition coefficient (Wildman–Crippen LogP) is 1.61. The van der Waals surface area contributed by atoms with Crippen LogP contribution in [-0.2, 0) is 12.5 Å². The van der Waals surface area contributed by atoms with Gasteiger partial charge >= 0.3 is 0 Å². The van der Waals surface area contributed by atoms with Gasteiger partial charge in [-0.1, -0.05) is 0 Å². The molecule has 14 heavy (non-hydrogen) atoms. The largest absolute Gasteiger partial charge is 0.375 e. The lowest BCUT2D eigenvalue weighted by molar-refractivity contribution is -0.167. The van der Waals surface area contributed by atoms with Crippen molar-refractivity contribution in [3.63, 3.8) is 0 Å². The Bertz CT molecular complexity index is 177. The summed E-state index contributed by atoms with van der Waals surface area (Å²) in [5, 5.41) is 0. The minimum atomic E-state index is -0.536. The average molecular weight is 315 g/mol. The Morgan fingerprint density at radius 1 is 1.57 bits per heavy atom. The summed E-state index contributed by atoms with van der Waals surface area (Å²) in [6.07, 6.45) is 2.22. The van der Waals surface area contributed by atoms with Gasteiger partial charge in [0.1, 0.15) is 23.0 Å². The second-order valence-electron chi connectivity index (χ2n) is 3.99. The molecule has 1 fully saturated rings. The summed E-state index contributed by atoms with van der Waals surface area (Å²) in [5.41, 5.74) is 5.46. The van der Waals surface area contributed by atoms with E-state index >= 15 is 0 Å². The number of hydrogen-bond donors (Lipinski definition) is 1. The molecule has 0 amide bonds. The fraction of sp³-hybridized carbons (Fsp3) is 1.00. The summed E-state index contributed by atoms with van der Waals surface area (Å²) in [7, 11) is 0. The average Bonchev–Trinajstić information content (AvgIpc) is 2.53. The zero-order chi connectivity index (χ0) is 10.6. The Morgan fingerprint density at radius 2 is 2.29 bits per heavy atom. The van der Waals surface area contributed by atoms with Gasteiger partial charge in [0.2, 0.25) is 0 Å². The highest BCUT2D eigenvalue weighted by molar-refractivity contribution is 14.1. The van der Waals surface area contributed by atoms with E-state index in [-0.39, 0.29) is 12.2 Å². The molecule has 0 radical (unpaired) electrons.